The number of aromatic nitrogens is 2. The lowest BCUT2D eigenvalue weighted by Gasteiger charge is -2.13. The molecule has 2 rings (SSSR count). The van der Waals surface area contributed by atoms with E-state index in [4.69, 9.17) is 4.74 Å². The van der Waals surface area contributed by atoms with Crippen LogP contribution in [-0.2, 0) is 20.0 Å². The van der Waals surface area contributed by atoms with Crippen LogP contribution >= 0.6 is 0 Å². The molecule has 0 unspecified atom stereocenters. The first kappa shape index (κ1) is 21.6. The van der Waals surface area contributed by atoms with Crippen molar-refractivity contribution in [1.82, 2.24) is 20.4 Å². The summed E-state index contributed by atoms with van der Waals surface area (Å²) >= 11 is 0. The lowest BCUT2D eigenvalue weighted by molar-refractivity contribution is -0.153. The molecule has 0 spiro atoms. The highest BCUT2D eigenvalue weighted by Crippen LogP contribution is 2.18. The molecule has 0 aliphatic carbocycles. The molecule has 0 atom stereocenters. The number of halogens is 3. The van der Waals surface area contributed by atoms with Crippen LogP contribution in [0.4, 0.5) is 13.2 Å². The summed E-state index contributed by atoms with van der Waals surface area (Å²) in [5.74, 6) is 0.836. The Morgan fingerprint density at radius 1 is 1.18 bits per heavy atom. The molecule has 0 amide bonds. The van der Waals surface area contributed by atoms with Gasteiger partial charge in [-0.3, -0.25) is 9.67 Å². The minimum atomic E-state index is -4.34. The Balaban J connectivity index is 1.79. The van der Waals surface area contributed by atoms with Crippen LogP contribution in [0.25, 0.3) is 0 Å². The number of aliphatic imine (C=N–C) groups is 1. The summed E-state index contributed by atoms with van der Waals surface area (Å²) in [6.45, 7) is 3.94. The van der Waals surface area contributed by atoms with Crippen LogP contribution in [0.15, 0.2) is 29.3 Å². The molecule has 0 radical (unpaired) electrons. The van der Waals surface area contributed by atoms with Crippen molar-refractivity contribution in [2.45, 2.75) is 33.0 Å². The topological polar surface area (TPSA) is 63.5 Å². The minimum Gasteiger partial charge on any atom is -0.484 e. The molecule has 28 heavy (non-hydrogen) atoms. The predicted molar refractivity (Wildman–Crippen MR) is 103 cm³/mol. The van der Waals surface area contributed by atoms with Crippen molar-refractivity contribution >= 4 is 5.96 Å². The summed E-state index contributed by atoms with van der Waals surface area (Å²) in [5, 5.41) is 10.8. The molecule has 6 nitrogen and oxygen atoms in total. The van der Waals surface area contributed by atoms with E-state index < -0.39 is 12.8 Å². The second-order valence-electron chi connectivity index (χ2n) is 6.42. The third kappa shape index (κ3) is 6.47. The molecular formula is C19H26F3N5O. The van der Waals surface area contributed by atoms with E-state index in [9.17, 15) is 13.2 Å². The molecule has 2 aromatic rings. The van der Waals surface area contributed by atoms with E-state index in [1.54, 1.807) is 19.2 Å². The lowest BCUT2D eigenvalue weighted by Crippen LogP contribution is -2.37. The van der Waals surface area contributed by atoms with Crippen molar-refractivity contribution < 1.29 is 17.9 Å². The number of hydrogen-bond donors (Lipinski definition) is 2. The summed E-state index contributed by atoms with van der Waals surface area (Å²) in [6, 6.07) is 6.47. The van der Waals surface area contributed by atoms with Gasteiger partial charge in [-0.1, -0.05) is 12.1 Å². The van der Waals surface area contributed by atoms with E-state index in [0.29, 0.717) is 19.0 Å². The lowest BCUT2D eigenvalue weighted by atomic mass is 10.1. The first-order valence-electron chi connectivity index (χ1n) is 8.91. The quantitative estimate of drug-likeness (QED) is 0.557. The highest BCUT2D eigenvalue weighted by atomic mass is 19.4. The van der Waals surface area contributed by atoms with E-state index in [1.807, 2.05) is 25.6 Å². The number of ether oxygens (including phenoxy) is 1. The maximum absolute atomic E-state index is 12.2. The number of nitrogens with zero attached hydrogens (tertiary/aromatic N) is 3. The molecule has 0 fully saturated rings. The van der Waals surface area contributed by atoms with E-state index in [1.165, 1.54) is 17.7 Å². The second-order valence-corrected chi connectivity index (χ2v) is 6.42. The van der Waals surface area contributed by atoms with Crippen LogP contribution in [0.1, 0.15) is 22.5 Å². The smallest absolute Gasteiger partial charge is 0.422 e. The van der Waals surface area contributed by atoms with E-state index >= 15 is 0 Å². The average Bonchev–Trinajstić information content (AvgIpc) is 2.89. The van der Waals surface area contributed by atoms with Gasteiger partial charge in [0.05, 0.1) is 5.69 Å². The van der Waals surface area contributed by atoms with Gasteiger partial charge >= 0.3 is 6.18 Å². The summed E-state index contributed by atoms with van der Waals surface area (Å²) in [7, 11) is 3.61. The first-order chi connectivity index (χ1) is 13.2. The molecule has 1 aromatic heterocycles. The van der Waals surface area contributed by atoms with Gasteiger partial charge in [-0.2, -0.15) is 18.3 Å². The zero-order valence-electron chi connectivity index (χ0n) is 16.5. The summed E-state index contributed by atoms with van der Waals surface area (Å²) in [4.78, 5) is 4.18. The number of benzene rings is 1. The third-order valence-electron chi connectivity index (χ3n) is 4.34. The first-order valence-corrected chi connectivity index (χ1v) is 8.91. The maximum Gasteiger partial charge on any atom is 0.422 e. The molecule has 0 saturated carbocycles. The Morgan fingerprint density at radius 2 is 1.86 bits per heavy atom. The number of hydrogen-bond acceptors (Lipinski definition) is 3. The van der Waals surface area contributed by atoms with Crippen molar-refractivity contribution in [3.05, 3.63) is 46.8 Å². The van der Waals surface area contributed by atoms with Crippen LogP contribution in [-0.4, -0.2) is 42.1 Å². The number of rotatable bonds is 7. The summed E-state index contributed by atoms with van der Waals surface area (Å²) in [5.41, 5.74) is 4.30. The highest BCUT2D eigenvalue weighted by molar-refractivity contribution is 5.79. The Kier molecular flexibility index (Phi) is 7.31. The van der Waals surface area contributed by atoms with Crippen LogP contribution < -0.4 is 15.4 Å². The van der Waals surface area contributed by atoms with E-state index in [0.717, 1.165) is 23.4 Å². The molecule has 154 valence electrons. The van der Waals surface area contributed by atoms with Crippen molar-refractivity contribution in [1.29, 1.82) is 0 Å². The van der Waals surface area contributed by atoms with Crippen LogP contribution in [0, 0.1) is 13.8 Å². The van der Waals surface area contributed by atoms with Gasteiger partial charge in [0.1, 0.15) is 5.75 Å². The van der Waals surface area contributed by atoms with Crippen LogP contribution in [0.2, 0.25) is 0 Å². The SMILES string of the molecule is CN=C(NCCc1c(C)nn(C)c1C)NCc1ccc(OCC(F)(F)F)cc1. The number of guanidine groups is 1. The molecule has 0 bridgehead atoms. The third-order valence-corrected chi connectivity index (χ3v) is 4.34. The van der Waals surface area contributed by atoms with Crippen molar-refractivity contribution in [2.24, 2.45) is 12.0 Å². The molecule has 1 aromatic carbocycles. The van der Waals surface area contributed by atoms with Gasteiger partial charge in [-0.25, -0.2) is 0 Å². The average molecular weight is 397 g/mol. The standard InChI is InChI=1S/C19H26F3N5O/c1-13-17(14(2)27(4)26-13)9-10-24-18(23-3)25-11-15-5-7-16(8-6-15)28-12-19(20,21)22/h5-8H,9-12H2,1-4H3,(H2,23,24,25). The van der Waals surface area contributed by atoms with E-state index in [-0.39, 0.29) is 5.75 Å². The molecule has 0 saturated heterocycles. The normalized spacial score (nSPS) is 12.2. The minimum absolute atomic E-state index is 0.186. The van der Waals surface area contributed by atoms with Gasteiger partial charge in [0.15, 0.2) is 12.6 Å². The fourth-order valence-electron chi connectivity index (χ4n) is 2.76. The van der Waals surface area contributed by atoms with Crippen LogP contribution in [0.5, 0.6) is 5.75 Å². The number of alkyl halides is 3. The van der Waals surface area contributed by atoms with Gasteiger partial charge in [-0.15, -0.1) is 0 Å². The van der Waals surface area contributed by atoms with E-state index in [2.05, 4.69) is 20.7 Å². The molecule has 0 aliphatic heterocycles. The molecule has 0 aliphatic rings. The van der Waals surface area contributed by atoms with Gasteiger partial charge in [0.25, 0.3) is 0 Å². The highest BCUT2D eigenvalue weighted by Gasteiger charge is 2.28. The second kappa shape index (κ2) is 9.48. The Hall–Kier alpha value is -2.71. The molecule has 2 N–H and O–H groups in total. The van der Waals surface area contributed by atoms with Gasteiger partial charge < -0.3 is 15.4 Å². The van der Waals surface area contributed by atoms with Crippen molar-refractivity contribution in [2.75, 3.05) is 20.2 Å². The molecule has 9 heteroatoms. The van der Waals surface area contributed by atoms with Gasteiger partial charge in [0, 0.05) is 32.9 Å². The van der Waals surface area contributed by atoms with Crippen molar-refractivity contribution in [3.63, 3.8) is 0 Å². The zero-order chi connectivity index (χ0) is 20.7. The van der Waals surface area contributed by atoms with Crippen molar-refractivity contribution in [3.8, 4) is 5.75 Å². The van der Waals surface area contributed by atoms with Gasteiger partial charge in [0.2, 0.25) is 0 Å². The number of aryl methyl sites for hydroxylation is 2. The maximum atomic E-state index is 12.2. The summed E-state index contributed by atoms with van der Waals surface area (Å²) in [6.07, 6.45) is -3.51. The monoisotopic (exact) mass is 397 g/mol. The predicted octanol–water partition coefficient (Wildman–Crippen LogP) is 2.89. The Morgan fingerprint density at radius 3 is 2.39 bits per heavy atom. The molecule has 1 heterocycles. The van der Waals surface area contributed by atoms with Crippen LogP contribution in [0.3, 0.4) is 0 Å². The molecular weight excluding hydrogens is 371 g/mol. The van der Waals surface area contributed by atoms with Gasteiger partial charge in [-0.05, 0) is 43.5 Å². The fraction of sp³-hybridized carbons (Fsp3) is 0.474. The summed E-state index contributed by atoms with van der Waals surface area (Å²) < 4.78 is 43.1. The fourth-order valence-corrected chi connectivity index (χ4v) is 2.76. The zero-order valence-corrected chi connectivity index (χ0v) is 16.5. The Labute approximate surface area is 162 Å². The largest absolute Gasteiger partial charge is 0.484 e. The Bertz CT molecular complexity index is 797. The number of nitrogens with one attached hydrogen (secondary N) is 2.